The van der Waals surface area contributed by atoms with E-state index in [1.165, 1.54) is 6.07 Å². The number of aromatic nitrogens is 2. The van der Waals surface area contributed by atoms with Crippen LogP contribution in [-0.2, 0) is 23.9 Å². The Balaban J connectivity index is 0.813. The molecule has 2 saturated carbocycles. The van der Waals surface area contributed by atoms with Gasteiger partial charge in [-0.05, 0) is 119 Å². The largest absolute Gasteiger partial charge is 0.500 e. The Kier molecular flexibility index (Phi) is 12.9. The molecule has 1 aromatic heterocycles. The van der Waals surface area contributed by atoms with E-state index in [0.717, 1.165) is 96.9 Å². The van der Waals surface area contributed by atoms with E-state index < -0.39 is 23.0 Å². The average molecular weight is 911 g/mol. The van der Waals surface area contributed by atoms with Crippen molar-refractivity contribution in [3.8, 4) is 0 Å². The van der Waals surface area contributed by atoms with E-state index in [-0.39, 0.29) is 60.0 Å². The van der Waals surface area contributed by atoms with Crippen molar-refractivity contribution in [2.24, 2.45) is 17.1 Å². The average Bonchev–Trinajstić information content (AvgIpc) is 3.84. The van der Waals surface area contributed by atoms with E-state index >= 15 is 4.39 Å². The quantitative estimate of drug-likeness (QED) is 0.179. The molecule has 17 heteroatoms. The number of benzene rings is 1. The second-order valence-corrected chi connectivity index (χ2v) is 20.2. The highest BCUT2D eigenvalue weighted by atomic mass is 19.1. The number of hydrogen-bond acceptors (Lipinski definition) is 13. The third kappa shape index (κ3) is 8.66. The molecule has 5 heterocycles. The number of aliphatic hydroxyl groups excluding tert-OH is 1. The van der Waals surface area contributed by atoms with Crippen molar-refractivity contribution >= 4 is 46.5 Å². The molecule has 356 valence electrons. The van der Waals surface area contributed by atoms with Crippen LogP contribution in [0.5, 0.6) is 0 Å². The number of carbonyl (C=O) groups excluding carboxylic acids is 4. The van der Waals surface area contributed by atoms with Crippen LogP contribution in [0.3, 0.4) is 0 Å². The molecule has 66 heavy (non-hydrogen) atoms. The number of aliphatic hydroxyl groups is 1. The van der Waals surface area contributed by atoms with Crippen LogP contribution in [0.15, 0.2) is 48.4 Å². The summed E-state index contributed by atoms with van der Waals surface area (Å²) in [7, 11) is 3.33. The van der Waals surface area contributed by atoms with Gasteiger partial charge in [0.25, 0.3) is 0 Å². The van der Waals surface area contributed by atoms with E-state index in [1.54, 1.807) is 55.6 Å². The van der Waals surface area contributed by atoms with Crippen LogP contribution >= 0.6 is 0 Å². The molecule has 0 bridgehead atoms. The molecule has 7 aliphatic rings. The number of fused-ring (bicyclic) bond motifs is 1. The van der Waals surface area contributed by atoms with Crippen molar-refractivity contribution in [3.05, 3.63) is 60.0 Å². The van der Waals surface area contributed by atoms with Crippen molar-refractivity contribution in [1.29, 1.82) is 0 Å². The van der Waals surface area contributed by atoms with Gasteiger partial charge in [-0.15, -0.1) is 0 Å². The molecule has 4 unspecified atom stereocenters. The first-order valence-corrected chi connectivity index (χ1v) is 24.2. The Morgan fingerprint density at radius 3 is 2.45 bits per heavy atom. The lowest BCUT2D eigenvalue weighted by Crippen LogP contribution is -2.69. The fourth-order valence-corrected chi connectivity index (χ4v) is 12.4. The highest BCUT2D eigenvalue weighted by molar-refractivity contribution is 6.04. The molecular formula is C49H67FN10O6. The minimum atomic E-state index is -1.60. The number of hydrogen-bond donors (Lipinski definition) is 5. The minimum Gasteiger partial charge on any atom is -0.500 e. The zero-order chi connectivity index (χ0) is 46.4. The molecule has 4 aliphatic heterocycles. The maximum atomic E-state index is 15.4. The van der Waals surface area contributed by atoms with Crippen molar-refractivity contribution in [3.63, 3.8) is 0 Å². The smallest absolute Gasteiger partial charge is 0.249 e. The van der Waals surface area contributed by atoms with Crippen LogP contribution in [0.4, 0.5) is 27.3 Å². The van der Waals surface area contributed by atoms with E-state index in [4.69, 9.17) is 20.4 Å². The predicted molar refractivity (Wildman–Crippen MR) is 249 cm³/mol. The van der Waals surface area contributed by atoms with Gasteiger partial charge in [0.1, 0.15) is 46.6 Å². The summed E-state index contributed by atoms with van der Waals surface area (Å²) in [6.07, 6.45) is 18.2. The molecule has 16 nitrogen and oxygen atoms in total. The first-order valence-electron chi connectivity index (χ1n) is 24.2. The maximum absolute atomic E-state index is 15.4. The summed E-state index contributed by atoms with van der Waals surface area (Å²) < 4.78 is 21.3. The number of allylic oxidation sites excluding steroid dienone is 2. The standard InChI is InChI=1S/C49H67FN10O6/c1-4-36-45(64)57(2)38-27-52-42(55-43(38)60(36)33-8-5-6-9-33)41-39(66-3)10-7-17-49(41,51)46(65)56-48(20-25-61)29-47(30-48)18-23-58(24-19-47)28-31-15-21-59(22-16-31)37-13-11-32(26-34(37)50)53-35-12-14-40(62)54-44(35)63/h7,10-11,13,17,26-27,31,33,35-36,41,53,61H,4-6,8-9,12,14-16,18-25,28-30,51H2,1-3H3,(H,56,65)(H,54,62,63). The van der Waals surface area contributed by atoms with Gasteiger partial charge in [0.05, 0.1) is 19.0 Å². The number of carbonyl (C=O) groups is 4. The summed E-state index contributed by atoms with van der Waals surface area (Å²) in [5.74, 6) is -0.175. The molecule has 6 N–H and O–H groups in total. The van der Waals surface area contributed by atoms with Crippen LogP contribution in [0.25, 0.3) is 0 Å². The molecule has 1 aromatic carbocycles. The molecule has 2 aromatic rings. The van der Waals surface area contributed by atoms with E-state index in [2.05, 4.69) is 30.7 Å². The summed E-state index contributed by atoms with van der Waals surface area (Å²) in [4.78, 5) is 70.5. The first-order chi connectivity index (χ1) is 31.8. The highest BCUT2D eigenvalue weighted by Crippen LogP contribution is 2.56. The monoisotopic (exact) mass is 911 g/mol. The molecule has 5 fully saturated rings. The number of anilines is 4. The Morgan fingerprint density at radius 1 is 1.05 bits per heavy atom. The van der Waals surface area contributed by atoms with Gasteiger partial charge in [0.2, 0.25) is 23.6 Å². The van der Waals surface area contributed by atoms with Gasteiger partial charge >= 0.3 is 0 Å². The SMILES string of the molecule is CCC1C(=O)N(C)c2cnc(C3C(OC)=CC=CC3(N)C(=O)NC3(CCO)CC4(CCN(CC5CCN(c6ccc(NC7CCC(=O)NC7=O)cc6F)CC5)CC4)C3)nc2N1C1CCCC1. The summed E-state index contributed by atoms with van der Waals surface area (Å²) in [5.41, 5.74) is 6.81. The lowest BCUT2D eigenvalue weighted by molar-refractivity contribution is -0.135. The van der Waals surface area contributed by atoms with E-state index in [9.17, 15) is 24.3 Å². The molecular weight excluding hydrogens is 844 g/mol. The molecule has 3 saturated heterocycles. The lowest BCUT2D eigenvalue weighted by Gasteiger charge is -2.60. The molecule has 1 spiro atoms. The number of likely N-dealkylation sites (tertiary alicyclic amines) is 1. The molecule has 9 rings (SSSR count). The number of methoxy groups -OCH3 is 1. The molecule has 3 aliphatic carbocycles. The van der Waals surface area contributed by atoms with Gasteiger partial charge in [0.15, 0.2) is 5.82 Å². The van der Waals surface area contributed by atoms with Crippen LogP contribution in [0, 0.1) is 17.2 Å². The molecule has 4 amide bonds. The van der Waals surface area contributed by atoms with Crippen LogP contribution < -0.4 is 36.4 Å². The molecule has 0 radical (unpaired) electrons. The Bertz CT molecular complexity index is 2240. The van der Waals surface area contributed by atoms with Crippen LogP contribution in [0.2, 0.25) is 0 Å². The maximum Gasteiger partial charge on any atom is 0.249 e. The normalized spacial score (nSPS) is 27.9. The Labute approximate surface area is 386 Å². The number of halogens is 1. The number of likely N-dealkylation sites (N-methyl/N-ethyl adjacent to an activating group) is 1. The number of amides is 4. The number of imide groups is 1. The van der Waals surface area contributed by atoms with Gasteiger partial charge in [-0.3, -0.25) is 24.5 Å². The summed E-state index contributed by atoms with van der Waals surface area (Å²) in [5, 5.41) is 19.1. The number of rotatable bonds is 13. The zero-order valence-corrected chi connectivity index (χ0v) is 38.7. The third-order valence-corrected chi connectivity index (χ3v) is 16.0. The fourth-order valence-electron chi connectivity index (χ4n) is 12.4. The van der Waals surface area contributed by atoms with Crippen molar-refractivity contribution in [1.82, 2.24) is 25.5 Å². The minimum absolute atomic E-state index is 0.0249. The van der Waals surface area contributed by atoms with Gasteiger partial charge in [0, 0.05) is 57.0 Å². The summed E-state index contributed by atoms with van der Waals surface area (Å²) in [6.45, 7) is 6.40. The number of nitrogens with one attached hydrogen (secondary N) is 3. The van der Waals surface area contributed by atoms with Gasteiger partial charge < -0.3 is 45.8 Å². The zero-order valence-electron chi connectivity index (χ0n) is 38.7. The van der Waals surface area contributed by atoms with E-state index in [1.807, 2.05) is 6.92 Å². The second-order valence-electron chi connectivity index (χ2n) is 20.2. The predicted octanol–water partition coefficient (Wildman–Crippen LogP) is 4.25. The highest BCUT2D eigenvalue weighted by Gasteiger charge is 2.58. The Hall–Kier alpha value is -5.13. The number of ether oxygens (including phenoxy) is 1. The van der Waals surface area contributed by atoms with Crippen molar-refractivity contribution < 1.29 is 33.4 Å². The first kappa shape index (κ1) is 46.0. The number of nitrogens with zero attached hydrogens (tertiary/aromatic N) is 6. The van der Waals surface area contributed by atoms with Gasteiger partial charge in [-0.25, -0.2) is 14.4 Å². The lowest BCUT2D eigenvalue weighted by atomic mass is 9.52. The van der Waals surface area contributed by atoms with Crippen LogP contribution in [-0.4, -0.2) is 126 Å². The van der Waals surface area contributed by atoms with Crippen molar-refractivity contribution in [2.45, 2.75) is 132 Å². The number of piperidine rings is 3. The third-order valence-electron chi connectivity index (χ3n) is 16.0. The second kappa shape index (κ2) is 18.5. The molecule has 4 atom stereocenters. The van der Waals surface area contributed by atoms with Crippen molar-refractivity contribution in [2.75, 3.05) is 73.5 Å². The van der Waals surface area contributed by atoms with Gasteiger partial charge in [-0.1, -0.05) is 31.9 Å². The fraction of sp³-hybridized carbons (Fsp3) is 0.633. The summed E-state index contributed by atoms with van der Waals surface area (Å²) in [6, 6.07) is 4.27. The summed E-state index contributed by atoms with van der Waals surface area (Å²) >= 11 is 0. The topological polar surface area (TPSA) is 199 Å². The van der Waals surface area contributed by atoms with Crippen LogP contribution in [0.1, 0.15) is 109 Å². The number of nitrogens with two attached hydrogens (primary N) is 1. The Morgan fingerprint density at radius 2 is 1.79 bits per heavy atom. The van der Waals surface area contributed by atoms with E-state index in [0.29, 0.717) is 59.6 Å². The van der Waals surface area contributed by atoms with Gasteiger partial charge in [-0.2, -0.15) is 0 Å².